The van der Waals surface area contributed by atoms with E-state index in [2.05, 4.69) is 4.74 Å². The number of benzene rings is 1. The van der Waals surface area contributed by atoms with Crippen molar-refractivity contribution in [2.45, 2.75) is 6.92 Å². The normalized spacial score (nSPS) is 9.72. The Bertz CT molecular complexity index is 466. The molecule has 0 aliphatic rings. The summed E-state index contributed by atoms with van der Waals surface area (Å²) in [6, 6.07) is 2.40. The first-order chi connectivity index (χ1) is 8.54. The lowest BCUT2D eigenvalue weighted by Gasteiger charge is -2.12. The Morgan fingerprint density at radius 3 is 2.39 bits per heavy atom. The van der Waals surface area contributed by atoms with Gasteiger partial charge in [-0.25, -0.2) is 4.79 Å². The number of ketones is 1. The maximum absolute atomic E-state index is 11.8. The van der Waals surface area contributed by atoms with E-state index in [0.29, 0.717) is 0 Å². The highest BCUT2D eigenvalue weighted by atomic mass is 16.5. The van der Waals surface area contributed by atoms with E-state index >= 15 is 0 Å². The van der Waals surface area contributed by atoms with Crippen LogP contribution in [0.5, 0.6) is 17.2 Å². The lowest BCUT2D eigenvalue weighted by atomic mass is 10.1. The summed E-state index contributed by atoms with van der Waals surface area (Å²) < 4.78 is 14.6. The summed E-state index contributed by atoms with van der Waals surface area (Å²) >= 11 is 0. The maximum Gasteiger partial charge on any atom is 0.379 e. The molecule has 0 heterocycles. The summed E-state index contributed by atoms with van der Waals surface area (Å²) in [5.41, 5.74) is -0.104. The number of aromatic hydroxyl groups is 1. The molecule has 0 aliphatic heterocycles. The average Bonchev–Trinajstić information content (AvgIpc) is 2.36. The first-order valence-electron chi connectivity index (χ1n) is 5.21. The van der Waals surface area contributed by atoms with E-state index in [1.807, 2.05) is 0 Å². The standard InChI is InChI=1S/C12H14O6/c1-4-18-12(15)10(14)8-5-7(13)6-9(16-2)11(8)17-3/h5-6,13H,4H2,1-3H3. The summed E-state index contributed by atoms with van der Waals surface area (Å²) in [7, 11) is 2.69. The van der Waals surface area contributed by atoms with Crippen LogP contribution in [0, 0.1) is 0 Å². The second kappa shape index (κ2) is 5.90. The van der Waals surface area contributed by atoms with Crippen LogP contribution in [0.3, 0.4) is 0 Å². The molecule has 0 radical (unpaired) electrons. The first-order valence-corrected chi connectivity index (χ1v) is 5.21. The molecule has 1 aromatic rings. The number of rotatable bonds is 5. The van der Waals surface area contributed by atoms with Crippen LogP contribution in [0.1, 0.15) is 17.3 Å². The molecular formula is C12H14O6. The van der Waals surface area contributed by atoms with Crippen molar-refractivity contribution in [2.75, 3.05) is 20.8 Å². The third-order valence-electron chi connectivity index (χ3n) is 2.17. The van der Waals surface area contributed by atoms with E-state index < -0.39 is 11.8 Å². The number of esters is 1. The Morgan fingerprint density at radius 1 is 1.22 bits per heavy atom. The molecule has 1 N–H and O–H groups in total. The molecule has 0 aromatic heterocycles. The molecule has 0 amide bonds. The fourth-order valence-electron chi connectivity index (χ4n) is 1.43. The van der Waals surface area contributed by atoms with Crippen LogP contribution in [0.2, 0.25) is 0 Å². The fourth-order valence-corrected chi connectivity index (χ4v) is 1.43. The molecule has 98 valence electrons. The number of carbonyl (C=O) groups is 2. The van der Waals surface area contributed by atoms with Crippen LogP contribution in [-0.4, -0.2) is 37.7 Å². The lowest BCUT2D eigenvalue weighted by molar-refractivity contribution is -0.137. The molecule has 1 aromatic carbocycles. The van der Waals surface area contributed by atoms with Crippen molar-refractivity contribution in [3.63, 3.8) is 0 Å². The Labute approximate surface area is 104 Å². The Balaban J connectivity index is 3.26. The van der Waals surface area contributed by atoms with Gasteiger partial charge in [0.05, 0.1) is 26.4 Å². The summed E-state index contributed by atoms with van der Waals surface area (Å²) in [6.07, 6.45) is 0. The SMILES string of the molecule is CCOC(=O)C(=O)c1cc(O)cc(OC)c1OC. The van der Waals surface area contributed by atoms with Crippen molar-refractivity contribution in [3.05, 3.63) is 17.7 Å². The van der Waals surface area contributed by atoms with Gasteiger partial charge in [0.2, 0.25) is 0 Å². The van der Waals surface area contributed by atoms with E-state index in [-0.39, 0.29) is 29.4 Å². The van der Waals surface area contributed by atoms with Crippen LogP contribution in [0.4, 0.5) is 0 Å². The summed E-state index contributed by atoms with van der Waals surface area (Å²) in [5, 5.41) is 9.47. The Hall–Kier alpha value is -2.24. The van der Waals surface area contributed by atoms with Crippen molar-refractivity contribution in [3.8, 4) is 17.2 Å². The second-order valence-corrected chi connectivity index (χ2v) is 3.28. The van der Waals surface area contributed by atoms with Gasteiger partial charge in [-0.15, -0.1) is 0 Å². The minimum Gasteiger partial charge on any atom is -0.508 e. The van der Waals surface area contributed by atoms with E-state index in [4.69, 9.17) is 9.47 Å². The molecule has 0 saturated carbocycles. The Morgan fingerprint density at radius 2 is 1.89 bits per heavy atom. The zero-order valence-electron chi connectivity index (χ0n) is 10.4. The molecule has 0 saturated heterocycles. The number of ether oxygens (including phenoxy) is 3. The number of methoxy groups -OCH3 is 2. The summed E-state index contributed by atoms with van der Waals surface area (Å²) in [5.74, 6) is -1.88. The minimum atomic E-state index is -1.01. The quantitative estimate of drug-likeness (QED) is 0.482. The van der Waals surface area contributed by atoms with Gasteiger partial charge in [0.25, 0.3) is 5.78 Å². The number of hydrogen-bond donors (Lipinski definition) is 1. The average molecular weight is 254 g/mol. The first kappa shape index (κ1) is 13.8. The van der Waals surface area contributed by atoms with Gasteiger partial charge in [0.1, 0.15) is 5.75 Å². The van der Waals surface area contributed by atoms with Crippen molar-refractivity contribution >= 4 is 11.8 Å². The van der Waals surface area contributed by atoms with Crippen molar-refractivity contribution < 1.29 is 28.9 Å². The zero-order valence-corrected chi connectivity index (χ0v) is 10.4. The molecule has 6 nitrogen and oxygen atoms in total. The highest BCUT2D eigenvalue weighted by Crippen LogP contribution is 2.35. The zero-order chi connectivity index (χ0) is 13.7. The molecule has 18 heavy (non-hydrogen) atoms. The highest BCUT2D eigenvalue weighted by molar-refractivity contribution is 6.41. The molecule has 0 atom stereocenters. The van der Waals surface area contributed by atoms with E-state index in [0.717, 1.165) is 6.07 Å². The van der Waals surface area contributed by atoms with Gasteiger partial charge >= 0.3 is 5.97 Å². The summed E-state index contributed by atoms with van der Waals surface area (Å²) in [4.78, 5) is 23.2. The topological polar surface area (TPSA) is 82.1 Å². The molecule has 0 spiro atoms. The van der Waals surface area contributed by atoms with E-state index in [1.165, 1.54) is 20.3 Å². The maximum atomic E-state index is 11.8. The molecular weight excluding hydrogens is 240 g/mol. The molecule has 0 bridgehead atoms. The number of carbonyl (C=O) groups excluding carboxylic acids is 2. The molecule has 1 rings (SSSR count). The third kappa shape index (κ3) is 2.71. The monoisotopic (exact) mass is 254 g/mol. The lowest BCUT2D eigenvalue weighted by Crippen LogP contribution is -2.18. The minimum absolute atomic E-state index is 0.0772. The molecule has 0 aliphatic carbocycles. The van der Waals surface area contributed by atoms with Gasteiger partial charge in [0.15, 0.2) is 11.5 Å². The molecule has 6 heteroatoms. The molecule has 0 unspecified atom stereocenters. The van der Waals surface area contributed by atoms with Crippen LogP contribution in [0.15, 0.2) is 12.1 Å². The van der Waals surface area contributed by atoms with Crippen LogP contribution in [-0.2, 0) is 9.53 Å². The highest BCUT2D eigenvalue weighted by Gasteiger charge is 2.25. The number of Topliss-reactive ketones (excluding diaryl/α,β-unsaturated/α-hetero) is 1. The van der Waals surface area contributed by atoms with Gasteiger partial charge in [-0.2, -0.15) is 0 Å². The van der Waals surface area contributed by atoms with Crippen molar-refractivity contribution in [2.24, 2.45) is 0 Å². The number of phenols is 1. The largest absolute Gasteiger partial charge is 0.508 e. The molecule has 0 fully saturated rings. The Kier molecular flexibility index (Phi) is 4.53. The number of phenolic OH excluding ortho intramolecular Hbond substituents is 1. The van der Waals surface area contributed by atoms with Gasteiger partial charge in [-0.3, -0.25) is 4.79 Å². The van der Waals surface area contributed by atoms with Crippen LogP contribution in [0.25, 0.3) is 0 Å². The third-order valence-corrected chi connectivity index (χ3v) is 2.17. The van der Waals surface area contributed by atoms with E-state index in [1.54, 1.807) is 6.92 Å². The van der Waals surface area contributed by atoms with Gasteiger partial charge in [-0.1, -0.05) is 0 Å². The van der Waals surface area contributed by atoms with Gasteiger partial charge in [-0.05, 0) is 13.0 Å². The smallest absolute Gasteiger partial charge is 0.379 e. The fraction of sp³-hybridized carbons (Fsp3) is 0.333. The summed E-state index contributed by atoms with van der Waals surface area (Å²) in [6.45, 7) is 1.67. The van der Waals surface area contributed by atoms with Crippen molar-refractivity contribution in [1.29, 1.82) is 0 Å². The van der Waals surface area contributed by atoms with E-state index in [9.17, 15) is 14.7 Å². The second-order valence-electron chi connectivity index (χ2n) is 3.28. The number of hydrogen-bond acceptors (Lipinski definition) is 6. The van der Waals surface area contributed by atoms with Crippen LogP contribution < -0.4 is 9.47 Å². The van der Waals surface area contributed by atoms with Gasteiger partial charge < -0.3 is 19.3 Å². The van der Waals surface area contributed by atoms with Gasteiger partial charge in [0, 0.05) is 6.07 Å². The van der Waals surface area contributed by atoms with Crippen molar-refractivity contribution in [1.82, 2.24) is 0 Å². The predicted octanol–water partition coefficient (Wildman–Crippen LogP) is 1.16. The van der Waals surface area contributed by atoms with Crippen LogP contribution >= 0.6 is 0 Å². The predicted molar refractivity (Wildman–Crippen MR) is 62.2 cm³/mol.